The molecule has 0 saturated heterocycles. The summed E-state index contributed by atoms with van der Waals surface area (Å²) in [7, 11) is 0. The fourth-order valence-corrected chi connectivity index (χ4v) is 8.32. The van der Waals surface area contributed by atoms with Gasteiger partial charge in [-0.15, -0.1) is 0 Å². The Bertz CT molecular complexity index is 604. The summed E-state index contributed by atoms with van der Waals surface area (Å²) in [5.41, 5.74) is 2.21. The van der Waals surface area contributed by atoms with E-state index in [1.807, 2.05) is 0 Å². The smallest absolute Gasteiger partial charge is 0.0105 e. The van der Waals surface area contributed by atoms with Crippen LogP contribution >= 0.6 is 0 Å². The van der Waals surface area contributed by atoms with Crippen molar-refractivity contribution in [2.75, 3.05) is 0 Å². The van der Waals surface area contributed by atoms with Crippen LogP contribution < -0.4 is 0 Å². The summed E-state index contributed by atoms with van der Waals surface area (Å²) >= 11 is 0. The van der Waals surface area contributed by atoms with Crippen LogP contribution in [0.1, 0.15) is 83.1 Å². The quantitative estimate of drug-likeness (QED) is 0.515. The highest BCUT2D eigenvalue weighted by atomic mass is 14.6. The predicted octanol–water partition coefficient (Wildman–Crippen LogP) is 7.06. The van der Waals surface area contributed by atoms with Crippen molar-refractivity contribution in [2.24, 2.45) is 40.9 Å². The van der Waals surface area contributed by atoms with E-state index in [0.717, 1.165) is 41.4 Å². The molecular weight excluding hydrogens is 300 g/mol. The third-order valence-corrected chi connectivity index (χ3v) is 9.42. The average Bonchev–Trinajstić information content (AvgIpc) is 2.99. The Morgan fingerprint density at radius 1 is 0.800 bits per heavy atom. The number of benzene rings is 1. The first-order valence-corrected chi connectivity index (χ1v) is 11.2. The van der Waals surface area contributed by atoms with Gasteiger partial charge in [-0.05, 0) is 104 Å². The molecule has 4 aliphatic carbocycles. The van der Waals surface area contributed by atoms with Crippen molar-refractivity contribution in [3.63, 3.8) is 0 Å². The first-order chi connectivity index (χ1) is 12.2. The van der Waals surface area contributed by atoms with E-state index < -0.39 is 0 Å². The van der Waals surface area contributed by atoms with Gasteiger partial charge in [0.2, 0.25) is 0 Å². The lowest BCUT2D eigenvalue weighted by Gasteiger charge is -2.56. The molecule has 8 atom stereocenters. The molecule has 0 heteroatoms. The van der Waals surface area contributed by atoms with Gasteiger partial charge >= 0.3 is 0 Å². The first-order valence-electron chi connectivity index (χ1n) is 11.2. The van der Waals surface area contributed by atoms with Crippen LogP contribution in [0.4, 0.5) is 0 Å². The molecule has 4 aliphatic rings. The van der Waals surface area contributed by atoms with Gasteiger partial charge in [-0.2, -0.15) is 0 Å². The zero-order chi connectivity index (χ0) is 17.0. The monoisotopic (exact) mass is 336 g/mol. The van der Waals surface area contributed by atoms with E-state index in [-0.39, 0.29) is 0 Å². The molecule has 4 fully saturated rings. The molecule has 0 nitrogen and oxygen atoms in total. The molecule has 0 heterocycles. The van der Waals surface area contributed by atoms with Crippen LogP contribution in [0.25, 0.3) is 0 Å². The highest BCUT2D eigenvalue weighted by molar-refractivity contribution is 5.25. The van der Waals surface area contributed by atoms with Gasteiger partial charge in [0.1, 0.15) is 0 Å². The van der Waals surface area contributed by atoms with Gasteiger partial charge in [0.15, 0.2) is 0 Å². The number of hydrogen-bond donors (Lipinski definition) is 0. The van der Waals surface area contributed by atoms with Crippen molar-refractivity contribution in [3.05, 3.63) is 35.9 Å². The van der Waals surface area contributed by atoms with Crippen molar-refractivity contribution in [2.45, 2.75) is 77.6 Å². The van der Waals surface area contributed by atoms with Gasteiger partial charge in [-0.25, -0.2) is 0 Å². The second-order valence-electron chi connectivity index (χ2n) is 10.4. The minimum absolute atomic E-state index is 0.581. The summed E-state index contributed by atoms with van der Waals surface area (Å²) in [6.45, 7) is 5.18. The Morgan fingerprint density at radius 3 is 2.44 bits per heavy atom. The van der Waals surface area contributed by atoms with Crippen LogP contribution in [0.2, 0.25) is 0 Å². The lowest BCUT2D eigenvalue weighted by Crippen LogP contribution is -2.48. The maximum absolute atomic E-state index is 2.67. The van der Waals surface area contributed by atoms with Crippen LogP contribution in [0.5, 0.6) is 0 Å². The second kappa shape index (κ2) is 6.14. The summed E-state index contributed by atoms with van der Waals surface area (Å²) in [6, 6.07) is 11.5. The molecule has 0 aliphatic heterocycles. The molecule has 0 bridgehead atoms. The number of rotatable bonds is 1. The third-order valence-electron chi connectivity index (χ3n) is 9.42. The molecule has 0 amide bonds. The fraction of sp³-hybridized carbons (Fsp3) is 0.760. The molecule has 0 N–H and O–H groups in total. The van der Waals surface area contributed by atoms with Crippen LogP contribution in [0, 0.1) is 40.9 Å². The maximum Gasteiger partial charge on any atom is -0.0105 e. The van der Waals surface area contributed by atoms with Gasteiger partial charge < -0.3 is 0 Å². The van der Waals surface area contributed by atoms with Gasteiger partial charge in [0.25, 0.3) is 0 Å². The van der Waals surface area contributed by atoms with Crippen LogP contribution in [-0.2, 0) is 0 Å². The largest absolute Gasteiger partial charge is 0.0625 e. The Morgan fingerprint density at radius 2 is 1.60 bits per heavy atom. The van der Waals surface area contributed by atoms with E-state index in [1.54, 1.807) is 31.2 Å². The van der Waals surface area contributed by atoms with E-state index in [0.29, 0.717) is 5.41 Å². The number of fused-ring (bicyclic) bond motifs is 5. The summed E-state index contributed by atoms with van der Waals surface area (Å²) in [6.07, 6.45) is 13.7. The first kappa shape index (κ1) is 16.4. The highest BCUT2D eigenvalue weighted by Crippen LogP contribution is 2.66. The van der Waals surface area contributed by atoms with E-state index >= 15 is 0 Å². The van der Waals surface area contributed by atoms with Crippen molar-refractivity contribution < 1.29 is 0 Å². The molecule has 7 unspecified atom stereocenters. The van der Waals surface area contributed by atoms with Crippen LogP contribution in [0.3, 0.4) is 0 Å². The predicted molar refractivity (Wildman–Crippen MR) is 105 cm³/mol. The third kappa shape index (κ3) is 2.54. The fourth-order valence-electron chi connectivity index (χ4n) is 8.32. The Kier molecular flexibility index (Phi) is 4.03. The lowest BCUT2D eigenvalue weighted by atomic mass is 9.49. The minimum Gasteiger partial charge on any atom is -0.0625 e. The minimum atomic E-state index is 0.581. The summed E-state index contributed by atoms with van der Waals surface area (Å²) in [5.74, 6) is 7.15. The maximum atomic E-state index is 2.67. The Labute approximate surface area is 154 Å². The molecule has 1 aromatic rings. The van der Waals surface area contributed by atoms with Gasteiger partial charge in [-0.1, -0.05) is 50.6 Å². The second-order valence-corrected chi connectivity index (χ2v) is 10.4. The number of hydrogen-bond acceptors (Lipinski definition) is 0. The normalized spacial score (nSPS) is 49.1. The van der Waals surface area contributed by atoms with Crippen molar-refractivity contribution >= 4 is 0 Å². The Balaban J connectivity index is 1.40. The Hall–Kier alpha value is -0.780. The average molecular weight is 337 g/mol. The molecular formula is C25H36. The van der Waals surface area contributed by atoms with Gasteiger partial charge in [-0.3, -0.25) is 0 Å². The van der Waals surface area contributed by atoms with E-state index in [2.05, 4.69) is 44.2 Å². The SMILES string of the molecule is CC1CCC2C(CCC3C2CCC2(C)C3CC[C@@H]2c2ccccc2)C1. The standard InChI is InChI=1S/C25H36/c1-17-8-10-20-19(16-17)9-11-22-21(20)14-15-25(2)23(12-13-24(22)25)18-6-4-3-5-7-18/h3-7,17,19-24H,8-16H2,1-2H3/t17?,19?,20?,21?,22?,23-,24?,25?/m1/s1. The van der Waals surface area contributed by atoms with E-state index in [1.165, 1.54) is 32.1 Å². The van der Waals surface area contributed by atoms with Gasteiger partial charge in [0, 0.05) is 0 Å². The van der Waals surface area contributed by atoms with Crippen LogP contribution in [0.15, 0.2) is 30.3 Å². The molecule has 4 saturated carbocycles. The molecule has 0 aromatic heterocycles. The molecule has 5 rings (SSSR count). The van der Waals surface area contributed by atoms with E-state index in [4.69, 9.17) is 0 Å². The molecule has 25 heavy (non-hydrogen) atoms. The zero-order valence-corrected chi connectivity index (χ0v) is 16.3. The topological polar surface area (TPSA) is 0 Å². The molecule has 0 spiro atoms. The van der Waals surface area contributed by atoms with Crippen molar-refractivity contribution in [3.8, 4) is 0 Å². The zero-order valence-electron chi connectivity index (χ0n) is 16.3. The van der Waals surface area contributed by atoms with Gasteiger partial charge in [0.05, 0.1) is 0 Å². The lowest BCUT2D eigenvalue weighted by molar-refractivity contribution is -0.0595. The summed E-state index contributed by atoms with van der Waals surface area (Å²) < 4.78 is 0. The van der Waals surface area contributed by atoms with E-state index in [9.17, 15) is 0 Å². The van der Waals surface area contributed by atoms with Crippen molar-refractivity contribution in [1.29, 1.82) is 0 Å². The molecule has 1 aromatic carbocycles. The van der Waals surface area contributed by atoms with Crippen LogP contribution in [-0.4, -0.2) is 0 Å². The molecule has 136 valence electrons. The highest BCUT2D eigenvalue weighted by Gasteiger charge is 2.56. The summed E-state index contributed by atoms with van der Waals surface area (Å²) in [5, 5.41) is 0. The van der Waals surface area contributed by atoms with Crippen molar-refractivity contribution in [1.82, 2.24) is 0 Å². The molecule has 0 radical (unpaired) electrons. The summed E-state index contributed by atoms with van der Waals surface area (Å²) in [4.78, 5) is 0.